The lowest BCUT2D eigenvalue weighted by molar-refractivity contribution is -0.0980. The van der Waals surface area contributed by atoms with E-state index in [2.05, 4.69) is 11.5 Å². The van der Waals surface area contributed by atoms with E-state index in [0.29, 0.717) is 0 Å². The highest BCUT2D eigenvalue weighted by Gasteiger charge is 2.00. The van der Waals surface area contributed by atoms with Gasteiger partial charge in [-0.25, -0.2) is 9.36 Å². The predicted octanol–water partition coefficient (Wildman–Crippen LogP) is -2.09. The Morgan fingerprint density at radius 2 is 1.18 bits per heavy atom. The Morgan fingerprint density at radius 3 is 1.18 bits per heavy atom. The second kappa shape index (κ2) is 9.05. The average molecular weight is 188 g/mol. The van der Waals surface area contributed by atoms with Gasteiger partial charge in [-0.15, -0.1) is 0 Å². The summed E-state index contributed by atoms with van der Waals surface area (Å²) in [5, 5.41) is 0. The van der Waals surface area contributed by atoms with Crippen molar-refractivity contribution in [1.82, 2.24) is 0 Å². The van der Waals surface area contributed by atoms with Crippen molar-refractivity contribution >= 4 is 20.6 Å². The third kappa shape index (κ3) is 498. The van der Waals surface area contributed by atoms with Gasteiger partial charge in [0.2, 0.25) is 0 Å². The van der Waals surface area contributed by atoms with Crippen LogP contribution in [-0.4, -0.2) is 27.5 Å². The summed E-state index contributed by atoms with van der Waals surface area (Å²) in [7, 11) is -4.64. The molecule has 0 aromatic heterocycles. The fraction of sp³-hybridized carbons (Fsp3) is 0. The van der Waals surface area contributed by atoms with Gasteiger partial charge in [0, 0.05) is 0 Å². The molecule has 0 aliphatic heterocycles. The van der Waals surface area contributed by atoms with Crippen molar-refractivity contribution in [3.63, 3.8) is 0 Å². The van der Waals surface area contributed by atoms with Gasteiger partial charge >= 0.3 is 13.9 Å². The van der Waals surface area contributed by atoms with E-state index in [1.54, 1.807) is 0 Å². The van der Waals surface area contributed by atoms with E-state index in [4.69, 9.17) is 28.8 Å². The van der Waals surface area contributed by atoms with Crippen LogP contribution in [-0.2, 0) is 9.36 Å². The van der Waals surface area contributed by atoms with E-state index in [-0.39, 0.29) is 0 Å². The molecule has 0 rings (SSSR count). The summed E-state index contributed by atoms with van der Waals surface area (Å²) in [6.45, 7) is 2.00. The van der Waals surface area contributed by atoms with Gasteiger partial charge in [-0.05, 0) is 0 Å². The van der Waals surface area contributed by atoms with E-state index < -0.39 is 13.9 Å². The van der Waals surface area contributed by atoms with Crippen LogP contribution in [0.1, 0.15) is 0 Å². The maximum Gasteiger partial charge on any atom is 0.466 e. The molecule has 0 saturated heterocycles. The van der Waals surface area contributed by atoms with Crippen LogP contribution in [0, 0.1) is 0 Å². The number of carbonyl (C=O) groups excluding carboxylic acids is 2. The van der Waals surface area contributed by atoms with Crippen molar-refractivity contribution in [3.05, 3.63) is 0 Å². The molecule has 68 valence electrons. The zero-order valence-corrected chi connectivity index (χ0v) is 6.27. The number of nitrogens with two attached hydrogens (primary N) is 2. The maximum atomic E-state index is 9.00. The first-order valence-corrected chi connectivity index (χ1v) is 3.42. The molecule has 0 radical (unpaired) electrons. The lowest BCUT2D eigenvalue weighted by atomic mass is 11.2. The van der Waals surface area contributed by atoms with Gasteiger partial charge in [0.1, 0.15) is 6.79 Å². The highest BCUT2D eigenvalue weighted by atomic mass is 31.2. The molecule has 0 fully saturated rings. The first kappa shape index (κ1) is 16.6. The van der Waals surface area contributed by atoms with Crippen LogP contribution in [0.15, 0.2) is 0 Å². The quantitative estimate of drug-likeness (QED) is 0.273. The summed E-state index contributed by atoms with van der Waals surface area (Å²) in [6.07, 6.45) is 0. The van der Waals surface area contributed by atoms with E-state index >= 15 is 0 Å². The molecule has 7 N–H and O–H groups in total. The number of primary amides is 2. The first-order chi connectivity index (χ1) is 4.73. The lowest BCUT2D eigenvalue weighted by Crippen LogP contribution is -2.18. The van der Waals surface area contributed by atoms with E-state index in [0.717, 1.165) is 0 Å². The fourth-order valence-electron chi connectivity index (χ4n) is 0. The van der Waals surface area contributed by atoms with Crippen LogP contribution in [0.3, 0.4) is 0 Å². The van der Waals surface area contributed by atoms with Crippen molar-refractivity contribution in [3.8, 4) is 0 Å². The third-order valence-electron chi connectivity index (χ3n) is 0. The number of amides is 2. The van der Waals surface area contributed by atoms with Gasteiger partial charge in [0.25, 0.3) is 0 Å². The van der Waals surface area contributed by atoms with Crippen molar-refractivity contribution in [2.75, 3.05) is 0 Å². The first-order valence-electron chi connectivity index (χ1n) is 1.85. The normalized spacial score (nSPS) is 7.91. The number of phosphoric acid groups is 1. The van der Waals surface area contributed by atoms with Crippen LogP contribution in [0.25, 0.3) is 0 Å². The second-order valence-corrected chi connectivity index (χ2v) is 1.94. The second-order valence-electron chi connectivity index (χ2n) is 0.916. The van der Waals surface area contributed by atoms with Gasteiger partial charge in [0.05, 0.1) is 0 Å². The molecule has 11 heavy (non-hydrogen) atoms. The Hall–Kier alpha value is -0.950. The topological polar surface area (TPSA) is 164 Å². The minimum absolute atomic E-state index is 0.833. The maximum absolute atomic E-state index is 9.00. The molecular weight excluding hydrogens is 179 g/mol. The van der Waals surface area contributed by atoms with E-state index in [1.807, 2.05) is 6.79 Å². The summed E-state index contributed by atoms with van der Waals surface area (Å²) < 4.78 is 8.88. The Balaban J connectivity index is -0.0000000965. The van der Waals surface area contributed by atoms with Gasteiger partial charge in [0.15, 0.2) is 0 Å². The Bertz CT molecular complexity index is 129. The van der Waals surface area contributed by atoms with Crippen LogP contribution in [0.2, 0.25) is 0 Å². The molecule has 0 spiro atoms. The highest BCUT2D eigenvalue weighted by Crippen LogP contribution is 2.25. The SMILES string of the molecule is C=O.NC(N)=O.O=P(O)(O)O. The third-order valence-corrected chi connectivity index (χ3v) is 0. The summed E-state index contributed by atoms with van der Waals surface area (Å²) in [6, 6.07) is -0.833. The largest absolute Gasteiger partial charge is 0.466 e. The number of rotatable bonds is 0. The standard InChI is InChI=1S/CH4N2O.CH2O.H3O4P/c2-1(3)4;1-2;1-5(2,3)4/h(H4,2,3,4);1H2;(H3,1,2,3,4). The summed E-state index contributed by atoms with van der Waals surface area (Å²) in [4.78, 5) is 38.6. The molecule has 0 saturated carbocycles. The molecule has 8 nitrogen and oxygen atoms in total. The van der Waals surface area contributed by atoms with E-state index in [1.165, 1.54) is 0 Å². The van der Waals surface area contributed by atoms with E-state index in [9.17, 15) is 0 Å². The summed E-state index contributed by atoms with van der Waals surface area (Å²) in [5.41, 5.74) is 8.50. The highest BCUT2D eigenvalue weighted by molar-refractivity contribution is 7.45. The minimum atomic E-state index is -4.64. The average Bonchev–Trinajstić information content (AvgIpc) is 1.63. The smallest absolute Gasteiger partial charge is 0.352 e. The van der Waals surface area contributed by atoms with Gasteiger partial charge < -0.3 is 30.9 Å². The number of carbonyl (C=O) groups is 2. The van der Waals surface area contributed by atoms with Crippen molar-refractivity contribution < 1.29 is 28.8 Å². The fourth-order valence-corrected chi connectivity index (χ4v) is 0. The number of urea groups is 1. The van der Waals surface area contributed by atoms with Gasteiger partial charge in [-0.2, -0.15) is 0 Å². The molecule has 0 unspecified atom stereocenters. The molecule has 0 aromatic rings. The molecular formula is C2H9N2O6P. The molecule has 0 bridgehead atoms. The van der Waals surface area contributed by atoms with Crippen LogP contribution in [0.5, 0.6) is 0 Å². The Labute approximate surface area is 62.1 Å². The number of hydrogen-bond donors (Lipinski definition) is 5. The monoisotopic (exact) mass is 188 g/mol. The lowest BCUT2D eigenvalue weighted by Gasteiger charge is -1.82. The zero-order chi connectivity index (χ0) is 10.1. The van der Waals surface area contributed by atoms with Crippen molar-refractivity contribution in [2.24, 2.45) is 11.5 Å². The van der Waals surface area contributed by atoms with Crippen LogP contribution in [0.4, 0.5) is 4.79 Å². The molecule has 0 heterocycles. The molecule has 2 amide bonds. The molecule has 0 aliphatic carbocycles. The van der Waals surface area contributed by atoms with Gasteiger partial charge in [-0.3, -0.25) is 0 Å². The van der Waals surface area contributed by atoms with Crippen molar-refractivity contribution in [2.45, 2.75) is 0 Å². The van der Waals surface area contributed by atoms with Crippen LogP contribution < -0.4 is 11.5 Å². The van der Waals surface area contributed by atoms with Crippen molar-refractivity contribution in [1.29, 1.82) is 0 Å². The van der Waals surface area contributed by atoms with Crippen LogP contribution >= 0.6 is 7.82 Å². The Kier molecular flexibility index (Phi) is 13.6. The van der Waals surface area contributed by atoms with Gasteiger partial charge in [-0.1, -0.05) is 0 Å². The predicted molar refractivity (Wildman–Crippen MR) is 35.2 cm³/mol. The molecule has 0 aromatic carbocycles. The molecule has 0 aliphatic rings. The minimum Gasteiger partial charge on any atom is -0.352 e. The summed E-state index contributed by atoms with van der Waals surface area (Å²) in [5.74, 6) is 0. The molecule has 9 heteroatoms. The molecule has 0 atom stereocenters. The number of hydrogen-bond acceptors (Lipinski definition) is 3. The zero-order valence-electron chi connectivity index (χ0n) is 5.38. The summed E-state index contributed by atoms with van der Waals surface area (Å²) >= 11 is 0. The Morgan fingerprint density at radius 1 is 1.18 bits per heavy atom.